The van der Waals surface area contributed by atoms with Gasteiger partial charge in [-0.15, -0.1) is 0 Å². The number of thioether (sulfide) groups is 1. The zero-order chi connectivity index (χ0) is 15.4. The van der Waals surface area contributed by atoms with Crippen LogP contribution in [0.5, 0.6) is 0 Å². The lowest BCUT2D eigenvalue weighted by Crippen LogP contribution is -2.36. The first kappa shape index (κ1) is 16.4. The van der Waals surface area contributed by atoms with Crippen LogP contribution in [0.15, 0.2) is 24.3 Å². The van der Waals surface area contributed by atoms with Crippen LogP contribution in [0, 0.1) is 12.8 Å². The van der Waals surface area contributed by atoms with E-state index in [9.17, 15) is 4.79 Å². The smallest absolute Gasteiger partial charge is 0.241 e. The van der Waals surface area contributed by atoms with Crippen molar-refractivity contribution in [2.75, 3.05) is 18.6 Å². The van der Waals surface area contributed by atoms with Crippen molar-refractivity contribution < 1.29 is 4.79 Å². The topological polar surface area (TPSA) is 32.3 Å². The molecule has 116 valence electrons. The monoisotopic (exact) mass is 306 g/mol. The molecule has 0 saturated carbocycles. The molecule has 3 nitrogen and oxygen atoms in total. The van der Waals surface area contributed by atoms with Gasteiger partial charge in [0, 0.05) is 12.3 Å². The van der Waals surface area contributed by atoms with E-state index in [2.05, 4.69) is 56.6 Å². The van der Waals surface area contributed by atoms with E-state index >= 15 is 0 Å². The summed E-state index contributed by atoms with van der Waals surface area (Å²) in [5, 5.41) is 3.56. The molecular weight excluding hydrogens is 280 g/mol. The molecule has 0 bridgehead atoms. The number of rotatable bonds is 6. The highest BCUT2D eigenvalue weighted by atomic mass is 32.2. The number of nitrogens with zero attached hydrogens (tertiary/aromatic N) is 1. The Bertz CT molecular complexity index is 491. The normalized spacial score (nSPS) is 23.6. The van der Waals surface area contributed by atoms with E-state index in [0.717, 1.165) is 18.7 Å². The Labute approximate surface area is 132 Å². The summed E-state index contributed by atoms with van der Waals surface area (Å²) in [4.78, 5) is 14.8. The van der Waals surface area contributed by atoms with Crippen molar-refractivity contribution in [3.8, 4) is 0 Å². The molecule has 1 fully saturated rings. The van der Waals surface area contributed by atoms with Gasteiger partial charge in [0.15, 0.2) is 0 Å². The standard InChI is InChI=1S/C17H26N2OS/c1-5-13(3)15-17(20)19(9-10-21-4)16(18-15)14-8-6-7-12(2)11-14/h6-8,11,13,15-16,18H,5,9-10H2,1-4H3. The Morgan fingerprint density at radius 3 is 2.81 bits per heavy atom. The molecule has 1 heterocycles. The first-order valence-corrected chi connectivity index (χ1v) is 9.10. The van der Waals surface area contributed by atoms with E-state index < -0.39 is 0 Å². The van der Waals surface area contributed by atoms with Crippen molar-refractivity contribution in [1.29, 1.82) is 0 Å². The number of aryl methyl sites for hydroxylation is 1. The van der Waals surface area contributed by atoms with Gasteiger partial charge in [0.05, 0.1) is 6.04 Å². The Morgan fingerprint density at radius 2 is 2.19 bits per heavy atom. The first-order valence-electron chi connectivity index (χ1n) is 7.70. The fourth-order valence-electron chi connectivity index (χ4n) is 2.83. The summed E-state index contributed by atoms with van der Waals surface area (Å²) in [6.45, 7) is 7.20. The van der Waals surface area contributed by atoms with Crippen molar-refractivity contribution >= 4 is 17.7 Å². The van der Waals surface area contributed by atoms with Crippen molar-refractivity contribution in [1.82, 2.24) is 10.2 Å². The highest BCUT2D eigenvalue weighted by molar-refractivity contribution is 7.98. The van der Waals surface area contributed by atoms with Gasteiger partial charge in [0.2, 0.25) is 5.91 Å². The second-order valence-electron chi connectivity index (χ2n) is 5.87. The highest BCUT2D eigenvalue weighted by Crippen LogP contribution is 2.29. The molecule has 0 spiro atoms. The van der Waals surface area contributed by atoms with Crippen molar-refractivity contribution in [3.05, 3.63) is 35.4 Å². The Morgan fingerprint density at radius 1 is 1.43 bits per heavy atom. The maximum Gasteiger partial charge on any atom is 0.241 e. The number of nitrogens with one attached hydrogen (secondary N) is 1. The third kappa shape index (κ3) is 3.61. The molecule has 1 aromatic carbocycles. The minimum Gasteiger partial charge on any atom is -0.321 e. The average Bonchev–Trinajstić information content (AvgIpc) is 2.81. The van der Waals surface area contributed by atoms with E-state index in [-0.39, 0.29) is 18.1 Å². The Hall–Kier alpha value is -1.00. The number of hydrogen-bond acceptors (Lipinski definition) is 3. The summed E-state index contributed by atoms with van der Waals surface area (Å²) in [7, 11) is 0. The second-order valence-corrected chi connectivity index (χ2v) is 6.86. The summed E-state index contributed by atoms with van der Waals surface area (Å²) in [6.07, 6.45) is 3.12. The Balaban J connectivity index is 2.26. The quantitative estimate of drug-likeness (QED) is 0.876. The van der Waals surface area contributed by atoms with E-state index in [1.54, 1.807) is 11.8 Å². The number of hydrogen-bond donors (Lipinski definition) is 1. The molecule has 1 N–H and O–H groups in total. The summed E-state index contributed by atoms with van der Waals surface area (Å²) in [5.74, 6) is 1.59. The molecule has 21 heavy (non-hydrogen) atoms. The SMILES string of the molecule is CCC(C)C1NC(c2cccc(C)c2)N(CCSC)C1=O. The van der Waals surface area contributed by atoms with Crippen LogP contribution in [0.2, 0.25) is 0 Å². The van der Waals surface area contributed by atoms with Gasteiger partial charge in [0.1, 0.15) is 6.17 Å². The van der Waals surface area contributed by atoms with Crippen LogP contribution in [0.4, 0.5) is 0 Å². The maximum atomic E-state index is 12.7. The largest absolute Gasteiger partial charge is 0.321 e. The number of carbonyl (C=O) groups is 1. The van der Waals surface area contributed by atoms with Crippen LogP contribution in [0.3, 0.4) is 0 Å². The van der Waals surface area contributed by atoms with E-state index in [0.29, 0.717) is 5.92 Å². The van der Waals surface area contributed by atoms with Gasteiger partial charge < -0.3 is 4.90 Å². The van der Waals surface area contributed by atoms with Gasteiger partial charge in [-0.25, -0.2) is 0 Å². The predicted molar refractivity (Wildman–Crippen MR) is 90.4 cm³/mol. The van der Waals surface area contributed by atoms with Crippen LogP contribution in [0.1, 0.15) is 37.6 Å². The lowest BCUT2D eigenvalue weighted by atomic mass is 9.99. The number of benzene rings is 1. The molecule has 1 aromatic rings. The van der Waals surface area contributed by atoms with Crippen molar-refractivity contribution in [3.63, 3.8) is 0 Å². The molecule has 1 aliphatic heterocycles. The van der Waals surface area contributed by atoms with Gasteiger partial charge >= 0.3 is 0 Å². The summed E-state index contributed by atoms with van der Waals surface area (Å²) in [5.41, 5.74) is 2.42. The second kappa shape index (κ2) is 7.32. The molecule has 1 saturated heterocycles. The van der Waals surface area contributed by atoms with Gasteiger partial charge in [-0.2, -0.15) is 11.8 Å². The molecule has 2 rings (SSSR count). The third-order valence-electron chi connectivity index (χ3n) is 4.31. The summed E-state index contributed by atoms with van der Waals surface area (Å²) < 4.78 is 0. The lowest BCUT2D eigenvalue weighted by molar-refractivity contribution is -0.130. The molecule has 0 aromatic heterocycles. The van der Waals surface area contributed by atoms with Gasteiger partial charge in [-0.05, 0) is 24.7 Å². The van der Waals surface area contributed by atoms with Crippen molar-refractivity contribution in [2.24, 2.45) is 5.92 Å². The molecule has 3 unspecified atom stereocenters. The maximum absolute atomic E-state index is 12.7. The zero-order valence-corrected chi connectivity index (χ0v) is 14.2. The van der Waals surface area contributed by atoms with Crippen molar-refractivity contribution in [2.45, 2.75) is 39.4 Å². The molecular formula is C17H26N2OS. The fourth-order valence-corrected chi connectivity index (χ4v) is 3.21. The van der Waals surface area contributed by atoms with E-state index in [1.807, 2.05) is 4.90 Å². The first-order chi connectivity index (χ1) is 10.1. The molecule has 0 aliphatic carbocycles. The summed E-state index contributed by atoms with van der Waals surface area (Å²) in [6, 6.07) is 8.40. The van der Waals surface area contributed by atoms with Crippen LogP contribution in [-0.2, 0) is 4.79 Å². The van der Waals surface area contributed by atoms with Crippen LogP contribution in [0.25, 0.3) is 0 Å². The number of amides is 1. The van der Waals surface area contributed by atoms with Crippen LogP contribution < -0.4 is 5.32 Å². The lowest BCUT2D eigenvalue weighted by Gasteiger charge is -2.24. The summed E-state index contributed by atoms with van der Waals surface area (Å²) >= 11 is 1.78. The molecule has 4 heteroatoms. The van der Waals surface area contributed by atoms with Crippen LogP contribution in [-0.4, -0.2) is 35.4 Å². The van der Waals surface area contributed by atoms with Crippen LogP contribution >= 0.6 is 11.8 Å². The molecule has 1 amide bonds. The van der Waals surface area contributed by atoms with Gasteiger partial charge in [-0.1, -0.05) is 50.1 Å². The average molecular weight is 306 g/mol. The van der Waals surface area contributed by atoms with Gasteiger partial charge in [0.25, 0.3) is 0 Å². The van der Waals surface area contributed by atoms with E-state index in [4.69, 9.17) is 0 Å². The third-order valence-corrected chi connectivity index (χ3v) is 4.90. The van der Waals surface area contributed by atoms with Gasteiger partial charge in [-0.3, -0.25) is 10.1 Å². The minimum atomic E-state index is -0.0534. The molecule has 3 atom stereocenters. The fraction of sp³-hybridized carbons (Fsp3) is 0.588. The predicted octanol–water partition coefficient (Wildman–Crippen LogP) is 3.20. The Kier molecular flexibility index (Phi) is 5.71. The molecule has 1 aliphatic rings. The minimum absolute atomic E-state index is 0.0172. The molecule has 0 radical (unpaired) electrons. The number of carbonyl (C=O) groups excluding carboxylic acids is 1. The van der Waals surface area contributed by atoms with E-state index in [1.165, 1.54) is 11.1 Å². The zero-order valence-electron chi connectivity index (χ0n) is 13.4. The highest BCUT2D eigenvalue weighted by Gasteiger charge is 2.41.